The molecule has 2 amide bonds. The third kappa shape index (κ3) is 4.69. The molecule has 1 saturated carbocycles. The van der Waals surface area contributed by atoms with E-state index in [2.05, 4.69) is 5.32 Å². The van der Waals surface area contributed by atoms with E-state index in [1.54, 1.807) is 0 Å². The summed E-state index contributed by atoms with van der Waals surface area (Å²) in [7, 11) is 0. The Morgan fingerprint density at radius 2 is 2.00 bits per heavy atom. The molecule has 3 atom stereocenters. The Hall–Kier alpha value is -1.10. The number of rotatable bonds is 4. The van der Waals surface area contributed by atoms with Gasteiger partial charge in [-0.2, -0.15) is 0 Å². The van der Waals surface area contributed by atoms with E-state index >= 15 is 0 Å². The van der Waals surface area contributed by atoms with Crippen molar-refractivity contribution < 1.29 is 9.59 Å². The van der Waals surface area contributed by atoms with Crippen molar-refractivity contribution in [3.63, 3.8) is 0 Å². The fraction of sp³-hybridized carbons (Fsp3) is 0.889. The van der Waals surface area contributed by atoms with Crippen molar-refractivity contribution >= 4 is 11.8 Å². The van der Waals surface area contributed by atoms with Gasteiger partial charge in [0.1, 0.15) is 0 Å². The van der Waals surface area contributed by atoms with Crippen LogP contribution in [-0.2, 0) is 9.59 Å². The highest BCUT2D eigenvalue weighted by atomic mass is 16.2. The zero-order valence-corrected chi connectivity index (χ0v) is 14.9. The third-order valence-electron chi connectivity index (χ3n) is 5.47. The number of hydrogen-bond donors (Lipinski definition) is 2. The van der Waals surface area contributed by atoms with Crippen LogP contribution in [0.4, 0.5) is 0 Å². The molecule has 5 nitrogen and oxygen atoms in total. The van der Waals surface area contributed by atoms with Crippen LogP contribution in [0.25, 0.3) is 0 Å². The third-order valence-corrected chi connectivity index (χ3v) is 5.47. The summed E-state index contributed by atoms with van der Waals surface area (Å²) in [6.07, 6.45) is 6.17. The first kappa shape index (κ1) is 18.2. The number of carbonyl (C=O) groups is 2. The SMILES string of the molecule is CC(C)C(=O)NCC1CCCN(C(=O)C2CCCCC2(C)N)C1. The Kier molecular flexibility index (Phi) is 6.06. The summed E-state index contributed by atoms with van der Waals surface area (Å²) in [6, 6.07) is 0. The minimum absolute atomic E-state index is 0.0107. The van der Waals surface area contributed by atoms with E-state index < -0.39 is 0 Å². The largest absolute Gasteiger partial charge is 0.356 e. The van der Waals surface area contributed by atoms with E-state index in [-0.39, 0.29) is 29.2 Å². The maximum atomic E-state index is 12.9. The maximum absolute atomic E-state index is 12.9. The number of nitrogens with one attached hydrogen (secondary N) is 1. The average Bonchev–Trinajstić information content (AvgIpc) is 2.51. The van der Waals surface area contributed by atoms with Gasteiger partial charge in [0, 0.05) is 31.1 Å². The van der Waals surface area contributed by atoms with Gasteiger partial charge in [-0.25, -0.2) is 0 Å². The fourth-order valence-electron chi connectivity index (χ4n) is 3.87. The highest BCUT2D eigenvalue weighted by Crippen LogP contribution is 2.33. The molecule has 23 heavy (non-hydrogen) atoms. The Labute approximate surface area is 140 Å². The first-order valence-corrected chi connectivity index (χ1v) is 9.16. The number of likely N-dealkylation sites (tertiary alicyclic amines) is 1. The van der Waals surface area contributed by atoms with Gasteiger partial charge < -0.3 is 16.0 Å². The molecular weight excluding hydrogens is 290 g/mol. The summed E-state index contributed by atoms with van der Waals surface area (Å²) in [4.78, 5) is 26.6. The van der Waals surface area contributed by atoms with Gasteiger partial charge in [-0.05, 0) is 38.5 Å². The molecule has 2 rings (SSSR count). The Bertz CT molecular complexity index is 434. The number of hydrogen-bond acceptors (Lipinski definition) is 3. The van der Waals surface area contributed by atoms with E-state index in [0.717, 1.165) is 51.6 Å². The zero-order chi connectivity index (χ0) is 17.0. The fourth-order valence-corrected chi connectivity index (χ4v) is 3.87. The number of nitrogens with zero attached hydrogens (tertiary/aromatic N) is 1. The molecule has 3 unspecified atom stereocenters. The van der Waals surface area contributed by atoms with Gasteiger partial charge in [0.05, 0.1) is 5.92 Å². The molecule has 0 aromatic rings. The van der Waals surface area contributed by atoms with Crippen LogP contribution in [0.3, 0.4) is 0 Å². The number of carbonyl (C=O) groups excluding carboxylic acids is 2. The van der Waals surface area contributed by atoms with E-state index in [0.29, 0.717) is 12.5 Å². The predicted molar refractivity (Wildman–Crippen MR) is 91.7 cm³/mol. The second-order valence-electron chi connectivity index (χ2n) is 8.00. The van der Waals surface area contributed by atoms with Crippen molar-refractivity contribution in [2.75, 3.05) is 19.6 Å². The topological polar surface area (TPSA) is 75.4 Å². The van der Waals surface area contributed by atoms with Crippen molar-refractivity contribution in [1.82, 2.24) is 10.2 Å². The molecule has 0 aromatic carbocycles. The van der Waals surface area contributed by atoms with Crippen LogP contribution in [0.5, 0.6) is 0 Å². The Morgan fingerprint density at radius 1 is 1.26 bits per heavy atom. The minimum atomic E-state index is -0.367. The molecule has 5 heteroatoms. The van der Waals surface area contributed by atoms with Gasteiger partial charge in [-0.1, -0.05) is 26.7 Å². The summed E-state index contributed by atoms with van der Waals surface area (Å²) in [5, 5.41) is 3.01. The van der Waals surface area contributed by atoms with Gasteiger partial charge in [0.25, 0.3) is 0 Å². The first-order chi connectivity index (χ1) is 10.8. The van der Waals surface area contributed by atoms with E-state index in [9.17, 15) is 9.59 Å². The predicted octanol–water partition coefficient (Wildman–Crippen LogP) is 1.90. The molecule has 3 N–H and O–H groups in total. The lowest BCUT2D eigenvalue weighted by Gasteiger charge is -2.42. The molecule has 132 valence electrons. The quantitative estimate of drug-likeness (QED) is 0.830. The van der Waals surface area contributed by atoms with Gasteiger partial charge in [-0.3, -0.25) is 9.59 Å². The molecule has 1 saturated heterocycles. The highest BCUT2D eigenvalue weighted by Gasteiger charge is 2.40. The van der Waals surface area contributed by atoms with E-state index in [4.69, 9.17) is 5.73 Å². The lowest BCUT2D eigenvalue weighted by atomic mass is 9.73. The van der Waals surface area contributed by atoms with Crippen molar-refractivity contribution in [3.05, 3.63) is 0 Å². The number of nitrogens with two attached hydrogens (primary N) is 1. The van der Waals surface area contributed by atoms with Crippen LogP contribution in [0.1, 0.15) is 59.3 Å². The smallest absolute Gasteiger partial charge is 0.227 e. The summed E-state index contributed by atoms with van der Waals surface area (Å²) in [5.74, 6) is 0.657. The van der Waals surface area contributed by atoms with Gasteiger partial charge in [0.15, 0.2) is 0 Å². The molecule has 2 aliphatic rings. The molecule has 1 heterocycles. The monoisotopic (exact) mass is 323 g/mol. The van der Waals surface area contributed by atoms with E-state index in [1.807, 2.05) is 25.7 Å². The molecule has 2 fully saturated rings. The normalized spacial score (nSPS) is 32.0. The molecule has 1 aliphatic heterocycles. The van der Waals surface area contributed by atoms with Crippen LogP contribution in [-0.4, -0.2) is 41.9 Å². The molecule has 0 radical (unpaired) electrons. The Balaban J connectivity index is 1.90. The van der Waals surface area contributed by atoms with E-state index in [1.165, 1.54) is 0 Å². The van der Waals surface area contributed by atoms with Gasteiger partial charge >= 0.3 is 0 Å². The number of piperidine rings is 1. The summed E-state index contributed by atoms with van der Waals surface area (Å²) in [6.45, 7) is 8.09. The second kappa shape index (κ2) is 7.65. The average molecular weight is 323 g/mol. The minimum Gasteiger partial charge on any atom is -0.356 e. The van der Waals surface area contributed by atoms with Crippen LogP contribution in [0.2, 0.25) is 0 Å². The van der Waals surface area contributed by atoms with Crippen molar-refractivity contribution in [2.24, 2.45) is 23.5 Å². The molecule has 0 aromatic heterocycles. The van der Waals surface area contributed by atoms with Crippen molar-refractivity contribution in [2.45, 2.75) is 64.8 Å². The lowest BCUT2D eigenvalue weighted by Crippen LogP contribution is -2.55. The van der Waals surface area contributed by atoms with Gasteiger partial charge in [0.2, 0.25) is 11.8 Å². The molecular formula is C18H33N3O2. The van der Waals surface area contributed by atoms with Crippen LogP contribution in [0.15, 0.2) is 0 Å². The van der Waals surface area contributed by atoms with Crippen LogP contribution < -0.4 is 11.1 Å². The summed E-state index contributed by atoms with van der Waals surface area (Å²) >= 11 is 0. The Morgan fingerprint density at radius 3 is 2.65 bits per heavy atom. The standard InChI is InChI=1S/C18H33N3O2/c1-13(2)16(22)20-11-14-7-6-10-21(12-14)17(23)15-8-4-5-9-18(15,3)19/h13-15H,4-12,19H2,1-3H3,(H,20,22). The molecule has 0 bridgehead atoms. The van der Waals surface area contributed by atoms with Crippen LogP contribution >= 0.6 is 0 Å². The van der Waals surface area contributed by atoms with Crippen molar-refractivity contribution in [3.8, 4) is 0 Å². The van der Waals surface area contributed by atoms with Crippen LogP contribution in [0, 0.1) is 17.8 Å². The van der Waals surface area contributed by atoms with Crippen molar-refractivity contribution in [1.29, 1.82) is 0 Å². The first-order valence-electron chi connectivity index (χ1n) is 9.16. The zero-order valence-electron chi connectivity index (χ0n) is 14.9. The second-order valence-corrected chi connectivity index (χ2v) is 8.00. The molecule has 1 aliphatic carbocycles. The molecule has 0 spiro atoms. The summed E-state index contributed by atoms with van der Waals surface area (Å²) in [5.41, 5.74) is 6.02. The van der Waals surface area contributed by atoms with Gasteiger partial charge in [-0.15, -0.1) is 0 Å². The lowest BCUT2D eigenvalue weighted by molar-refractivity contribution is -0.140. The highest BCUT2D eigenvalue weighted by molar-refractivity contribution is 5.80. The maximum Gasteiger partial charge on any atom is 0.227 e. The summed E-state index contributed by atoms with van der Waals surface area (Å²) < 4.78 is 0. The number of amides is 2.